The van der Waals surface area contributed by atoms with Gasteiger partial charge in [-0.05, 0) is 50.1 Å². The van der Waals surface area contributed by atoms with Crippen LogP contribution in [0.3, 0.4) is 0 Å². The fraction of sp³-hybridized carbons (Fsp3) is 0.337. The van der Waals surface area contributed by atoms with Crippen molar-refractivity contribution >= 4 is 5.97 Å². The lowest BCUT2D eigenvalue weighted by molar-refractivity contribution is -0.416. The van der Waals surface area contributed by atoms with Gasteiger partial charge >= 0.3 is 12.3 Å². The summed E-state index contributed by atoms with van der Waals surface area (Å²) in [5.41, 5.74) is -10.00. The van der Waals surface area contributed by atoms with Crippen LogP contribution in [0.2, 0.25) is 0 Å². The lowest BCUT2D eigenvalue weighted by Crippen LogP contribution is -2.90. The number of carbonyl (C=O) groups excluding carboxylic acids is 1. The Labute approximate surface area is 615 Å². The molecule has 9 aromatic rings. The third-order valence-corrected chi connectivity index (χ3v) is 21.8. The van der Waals surface area contributed by atoms with Crippen LogP contribution in [0.25, 0.3) is 0 Å². The quantitative estimate of drug-likeness (QED) is 0.0169. The van der Waals surface area contributed by atoms with Crippen molar-refractivity contribution in [3.63, 3.8) is 0 Å². The van der Waals surface area contributed by atoms with Gasteiger partial charge in [0.2, 0.25) is 5.79 Å². The van der Waals surface area contributed by atoms with Crippen molar-refractivity contribution in [2.75, 3.05) is 26.4 Å². The van der Waals surface area contributed by atoms with E-state index in [1.807, 2.05) is 91.0 Å². The van der Waals surface area contributed by atoms with E-state index in [9.17, 15) is 56.2 Å². The summed E-state index contributed by atoms with van der Waals surface area (Å²) in [7, 11) is 0. The maximum Gasteiger partial charge on any atom is 0.370 e. The Balaban J connectivity index is 1.07. The van der Waals surface area contributed by atoms with Crippen molar-refractivity contribution in [3.8, 4) is 0 Å². The highest BCUT2D eigenvalue weighted by Crippen LogP contribution is 2.70. The van der Waals surface area contributed by atoms with Crippen molar-refractivity contribution in [1.29, 1.82) is 0 Å². The first kappa shape index (κ1) is 75.4. The van der Waals surface area contributed by atoms with E-state index in [0.29, 0.717) is 50.1 Å². The second kappa shape index (κ2) is 31.3. The maximum atomic E-state index is 16.7. The number of ether oxygens (including phenoxy) is 8. The third kappa shape index (κ3) is 12.4. The molecule has 1 unspecified atom stereocenters. The lowest BCUT2D eigenvalue weighted by Gasteiger charge is -2.71. The first-order valence-electron chi connectivity index (χ1n) is 35.3. The van der Waals surface area contributed by atoms with Gasteiger partial charge in [-0.25, -0.2) is 4.79 Å². The molecule has 0 spiro atoms. The fourth-order valence-corrected chi connectivity index (χ4v) is 17.0. The van der Waals surface area contributed by atoms with Gasteiger partial charge in [0.1, 0.15) is 92.1 Å². The average Bonchev–Trinajstić information content (AvgIpc) is 1.03. The van der Waals surface area contributed by atoms with E-state index >= 15 is 15.0 Å². The molecule has 0 amide bonds. The van der Waals surface area contributed by atoms with Crippen molar-refractivity contribution in [2.24, 2.45) is 0 Å². The molecule has 0 bridgehead atoms. The second-order valence-corrected chi connectivity index (χ2v) is 27.4. The van der Waals surface area contributed by atoms with E-state index in [4.69, 9.17) is 47.7 Å². The molecule has 5 heterocycles. The smallest absolute Gasteiger partial charge is 0.370 e. The van der Waals surface area contributed by atoms with Gasteiger partial charge in [0.05, 0.1) is 36.1 Å². The van der Waals surface area contributed by atoms with Crippen molar-refractivity contribution in [3.05, 3.63) is 323 Å². The predicted molar refractivity (Wildman–Crippen MR) is 378 cm³/mol. The van der Waals surface area contributed by atoms with Crippen LogP contribution >= 0.6 is 0 Å². The van der Waals surface area contributed by atoms with Crippen LogP contribution in [0.15, 0.2) is 273 Å². The zero-order chi connectivity index (χ0) is 74.9. The largest absolute Gasteiger partial charge is 0.447 e. The van der Waals surface area contributed by atoms with Gasteiger partial charge < -0.3 is 104 Å². The van der Waals surface area contributed by atoms with Crippen LogP contribution in [0.5, 0.6) is 0 Å². The van der Waals surface area contributed by atoms with Crippen LogP contribution in [0.4, 0.5) is 0 Å². The van der Waals surface area contributed by atoms with Gasteiger partial charge in [-0.15, -0.1) is 0 Å². The Bertz CT molecular complexity index is 4050. The number of benzene rings is 9. The second-order valence-electron chi connectivity index (χ2n) is 27.4. The summed E-state index contributed by atoms with van der Waals surface area (Å²) in [6.45, 7) is -4.12. The zero-order valence-electron chi connectivity index (χ0n) is 57.5. The van der Waals surface area contributed by atoms with Gasteiger partial charge in [-0.3, -0.25) is 0 Å². The topological polar surface area (TPSA) is 379 Å². The van der Waals surface area contributed by atoms with Gasteiger partial charge in [0.15, 0.2) is 30.1 Å². The standard InChI is InChI=1S/C83H84O24/c84-46-59-62(87)66(91)69(75(99-59)104-78(49-86)70(94)64(89)60(47-85)102-78)101-74-67(92)65(90)63(88)61(100-74)48-98-73-68(93)71(95)82(103-72(96)76-106-107-76,80(53-34-16-4-17-35-53,54-36-18-5-19-37-54)55-38-20-6-21-39-55)83(105-73,81(56-40-22-7-23-41-56,57-42-24-8-25-43-57)58-44-26-9-27-45-58)77(97)79(50-28-10-1-11-29-50,51-30-12-2-13-31-51)52-32-14-3-15-33-52/h1-45,59-71,73-77,84-95,97H,46-49H2/t59-,60-,61-,62-,63+,64-,65+,66+,67-,68-,69-,70+,71-,73+,74-,75-,77?,78+,82+,83+/m1/s1. The lowest BCUT2D eigenvalue weighted by atomic mass is 9.39. The van der Waals surface area contributed by atoms with Crippen LogP contribution in [0, 0.1) is 0 Å². The number of hydrogen-bond acceptors (Lipinski definition) is 24. The molecule has 560 valence electrons. The molecule has 24 heteroatoms. The Morgan fingerprint density at radius 1 is 0.393 bits per heavy atom. The summed E-state index contributed by atoms with van der Waals surface area (Å²) in [4.78, 5) is 27.4. The average molecular weight is 1470 g/mol. The SMILES string of the molecule is O=C(O[C@]1(C(c2ccccc2)(c2ccccc2)c2ccccc2)[C@H](O)[C@@H](O)[C@@H](OC[C@H]2O[C@H](O[C@H]3[C@@H](O[C@]4(CO)O[C@H](CO)[C@@H](O)[C@@H]4O)O[C@H](CO)[C@@H](O)[C@@H]3O)[C@H](O)[C@@H](O)[C@H]2O)O[C@@]1(C(O)C(c1ccccc1)(c1ccccc1)c1ccccc1)C(c1ccccc1)(c1ccccc1)c1ccccc1)C1OO1. The van der Waals surface area contributed by atoms with Gasteiger partial charge in [-0.2, -0.15) is 9.78 Å². The van der Waals surface area contributed by atoms with Crippen LogP contribution < -0.4 is 0 Å². The number of aliphatic hydroxyl groups excluding tert-OH is 13. The molecule has 24 nitrogen and oxygen atoms in total. The highest BCUT2D eigenvalue weighted by atomic mass is 17.4. The molecule has 0 aliphatic carbocycles. The number of esters is 1. The maximum absolute atomic E-state index is 16.7. The molecule has 20 atom stereocenters. The Hall–Kier alpha value is -8.43. The summed E-state index contributed by atoms with van der Waals surface area (Å²) < 4.78 is 53.3. The summed E-state index contributed by atoms with van der Waals surface area (Å²) in [5, 5.41) is 159. The Morgan fingerprint density at radius 3 is 1.14 bits per heavy atom. The molecule has 13 N–H and O–H groups in total. The monoisotopic (exact) mass is 1460 g/mol. The van der Waals surface area contributed by atoms with E-state index in [2.05, 4.69) is 0 Å². The molecule has 5 fully saturated rings. The van der Waals surface area contributed by atoms with Crippen molar-refractivity contribution in [2.45, 2.75) is 144 Å². The molecule has 5 aliphatic heterocycles. The molecule has 9 aromatic carbocycles. The predicted octanol–water partition coefficient (Wildman–Crippen LogP) is 3.30. The summed E-state index contributed by atoms with van der Waals surface area (Å²) in [6.07, 6.45) is -38.3. The number of carbonyl (C=O) groups is 1. The van der Waals surface area contributed by atoms with Crippen LogP contribution in [0.1, 0.15) is 50.1 Å². The van der Waals surface area contributed by atoms with E-state index in [0.717, 1.165) is 0 Å². The molecule has 5 saturated heterocycles. The summed E-state index contributed by atoms with van der Waals surface area (Å²) >= 11 is 0. The highest BCUT2D eigenvalue weighted by Gasteiger charge is 2.86. The van der Waals surface area contributed by atoms with Gasteiger partial charge in [0, 0.05) is 0 Å². The van der Waals surface area contributed by atoms with E-state index < -0.39 is 176 Å². The number of rotatable bonds is 25. The molecule has 0 saturated carbocycles. The van der Waals surface area contributed by atoms with Gasteiger partial charge in [-0.1, -0.05) is 273 Å². The molecule has 107 heavy (non-hydrogen) atoms. The number of aliphatic hydroxyl groups is 13. The fourth-order valence-electron chi connectivity index (χ4n) is 17.0. The van der Waals surface area contributed by atoms with Crippen molar-refractivity contribution in [1.82, 2.24) is 0 Å². The molecule has 0 radical (unpaired) electrons. The molecular formula is C83H84O24. The van der Waals surface area contributed by atoms with Crippen LogP contribution in [-0.4, -0.2) is 226 Å². The van der Waals surface area contributed by atoms with Crippen molar-refractivity contribution < 1.29 is 119 Å². The summed E-state index contributed by atoms with van der Waals surface area (Å²) in [6, 6.07) is 80.7. The normalized spacial score (nSPS) is 31.5. The minimum absolute atomic E-state index is 0.296. The minimum Gasteiger partial charge on any atom is -0.447 e. The minimum atomic E-state index is -3.20. The van der Waals surface area contributed by atoms with Gasteiger partial charge in [0.25, 0.3) is 0 Å². The number of hydrogen-bond donors (Lipinski definition) is 13. The molecule has 0 aromatic heterocycles. The van der Waals surface area contributed by atoms with Crippen LogP contribution in [-0.2, 0) is 68.7 Å². The Kier molecular flexibility index (Phi) is 22.0. The summed E-state index contributed by atoms with van der Waals surface area (Å²) in [5.74, 6) is -3.91. The zero-order valence-corrected chi connectivity index (χ0v) is 57.5. The Morgan fingerprint density at radius 2 is 0.766 bits per heavy atom. The van der Waals surface area contributed by atoms with E-state index in [-0.39, 0.29) is 0 Å². The molecule has 14 rings (SSSR count). The third-order valence-electron chi connectivity index (χ3n) is 21.8. The molecular weight excluding hydrogens is 1380 g/mol. The highest BCUT2D eigenvalue weighted by molar-refractivity contribution is 5.77. The molecule has 5 aliphatic rings. The van der Waals surface area contributed by atoms with E-state index in [1.54, 1.807) is 182 Å². The first-order valence-corrected chi connectivity index (χ1v) is 35.3. The van der Waals surface area contributed by atoms with E-state index in [1.165, 1.54) is 0 Å². The first-order chi connectivity index (χ1) is 52.0.